The topological polar surface area (TPSA) is 119 Å². The molecule has 1 saturated carbocycles. The highest BCUT2D eigenvalue weighted by molar-refractivity contribution is 6.06. The molecule has 5 N–H and O–H groups in total. The maximum atomic E-state index is 13.5. The molecule has 8 heteroatoms. The lowest BCUT2D eigenvalue weighted by Crippen LogP contribution is -2.29. The molecule has 0 aliphatic heterocycles. The fourth-order valence-electron chi connectivity index (χ4n) is 5.12. The molecule has 1 aliphatic carbocycles. The molecule has 2 aromatic carbocycles. The minimum atomic E-state index is -0.325. The summed E-state index contributed by atoms with van der Waals surface area (Å²) in [6.07, 6.45) is 6.64. The average Bonchev–Trinajstić information content (AvgIpc) is 3.43. The molecule has 0 saturated heterocycles. The molecule has 0 unspecified atom stereocenters. The van der Waals surface area contributed by atoms with Crippen molar-refractivity contribution in [1.29, 1.82) is 5.41 Å². The summed E-state index contributed by atoms with van der Waals surface area (Å²) in [6, 6.07) is 13.9. The van der Waals surface area contributed by atoms with Crippen LogP contribution in [0.1, 0.15) is 64.8 Å². The standard InChI is InChI=1S/C31H39N5O3/c1-20-15-21(2)35-31(38)28(20)19-34-30(37)26-16-23(17-29(27(26)18-32)36-24-7-4-5-8-24)22-9-11-25(12-10-22)39-14-6-13-33-3/h9-12,15-18,24,32-33,36H,4-8,13-14,19H2,1-3H3,(H,34,37)(H,35,38). The second kappa shape index (κ2) is 13.2. The first-order chi connectivity index (χ1) is 18.9. The van der Waals surface area contributed by atoms with E-state index in [1.807, 2.05) is 63.4 Å². The smallest absolute Gasteiger partial charge is 0.253 e. The molecule has 39 heavy (non-hydrogen) atoms. The van der Waals surface area contributed by atoms with Crippen molar-refractivity contribution in [2.45, 2.75) is 58.5 Å². The number of hydrogen-bond donors (Lipinski definition) is 5. The SMILES string of the molecule is CNCCCOc1ccc(-c2cc(NC3CCCC3)c(C=N)c(C(=O)NCc3c(C)cc(C)[nH]c3=O)c2)cc1. The van der Waals surface area contributed by atoms with Crippen LogP contribution in [0.5, 0.6) is 5.75 Å². The van der Waals surface area contributed by atoms with E-state index < -0.39 is 0 Å². The Hall–Kier alpha value is -3.91. The Morgan fingerprint density at radius 1 is 1.10 bits per heavy atom. The van der Waals surface area contributed by atoms with E-state index in [1.54, 1.807) is 0 Å². The van der Waals surface area contributed by atoms with Crippen LogP contribution >= 0.6 is 0 Å². The molecule has 0 spiro atoms. The van der Waals surface area contributed by atoms with Crippen molar-refractivity contribution >= 4 is 17.8 Å². The van der Waals surface area contributed by atoms with Gasteiger partial charge >= 0.3 is 0 Å². The summed E-state index contributed by atoms with van der Waals surface area (Å²) >= 11 is 0. The van der Waals surface area contributed by atoms with E-state index >= 15 is 0 Å². The van der Waals surface area contributed by atoms with Gasteiger partial charge in [-0.25, -0.2) is 0 Å². The molecule has 1 amide bonds. The zero-order valence-electron chi connectivity index (χ0n) is 23.1. The fourth-order valence-corrected chi connectivity index (χ4v) is 5.12. The quantitative estimate of drug-likeness (QED) is 0.168. The van der Waals surface area contributed by atoms with Gasteiger partial charge < -0.3 is 31.1 Å². The number of ether oxygens (including phenoxy) is 1. The number of pyridine rings is 1. The highest BCUT2D eigenvalue weighted by atomic mass is 16.5. The molecule has 1 fully saturated rings. The van der Waals surface area contributed by atoms with Gasteiger partial charge in [-0.1, -0.05) is 25.0 Å². The first-order valence-corrected chi connectivity index (χ1v) is 13.7. The van der Waals surface area contributed by atoms with Crippen LogP contribution in [-0.4, -0.2) is 43.3 Å². The van der Waals surface area contributed by atoms with E-state index in [0.717, 1.165) is 59.6 Å². The van der Waals surface area contributed by atoms with E-state index in [1.165, 1.54) is 19.1 Å². The Balaban J connectivity index is 1.63. The van der Waals surface area contributed by atoms with Gasteiger partial charge in [-0.2, -0.15) is 0 Å². The molecular formula is C31H39N5O3. The number of anilines is 1. The summed E-state index contributed by atoms with van der Waals surface area (Å²) < 4.78 is 5.84. The second-order valence-corrected chi connectivity index (χ2v) is 10.2. The van der Waals surface area contributed by atoms with E-state index in [-0.39, 0.29) is 18.0 Å². The van der Waals surface area contributed by atoms with Crippen molar-refractivity contribution in [3.63, 3.8) is 0 Å². The Kier molecular flexibility index (Phi) is 9.54. The number of H-pyrrole nitrogens is 1. The number of nitrogens with one attached hydrogen (secondary N) is 5. The van der Waals surface area contributed by atoms with Crippen LogP contribution in [0.25, 0.3) is 11.1 Å². The number of aromatic amines is 1. The molecular weight excluding hydrogens is 490 g/mol. The van der Waals surface area contributed by atoms with Crippen LogP contribution in [0.3, 0.4) is 0 Å². The molecule has 3 aromatic rings. The Morgan fingerprint density at radius 2 is 1.85 bits per heavy atom. The third kappa shape index (κ3) is 7.15. The van der Waals surface area contributed by atoms with Gasteiger partial charge in [0.05, 0.1) is 12.2 Å². The molecule has 1 aliphatic rings. The zero-order chi connectivity index (χ0) is 27.8. The van der Waals surface area contributed by atoms with Gasteiger partial charge in [0, 0.05) is 41.3 Å². The van der Waals surface area contributed by atoms with E-state index in [4.69, 9.17) is 10.1 Å². The van der Waals surface area contributed by atoms with Gasteiger partial charge in [0.15, 0.2) is 0 Å². The van der Waals surface area contributed by atoms with Gasteiger partial charge in [-0.3, -0.25) is 9.59 Å². The van der Waals surface area contributed by atoms with Gasteiger partial charge in [-0.15, -0.1) is 0 Å². The van der Waals surface area contributed by atoms with Crippen molar-refractivity contribution < 1.29 is 9.53 Å². The summed E-state index contributed by atoms with van der Waals surface area (Å²) in [5.41, 5.74) is 5.47. The first kappa shape index (κ1) is 28.1. The van der Waals surface area contributed by atoms with Gasteiger partial charge in [-0.05, 0) is 93.7 Å². The highest BCUT2D eigenvalue weighted by Crippen LogP contribution is 2.32. The average molecular weight is 530 g/mol. The Bertz CT molecular complexity index is 1360. The molecule has 206 valence electrons. The normalized spacial score (nSPS) is 13.3. The van der Waals surface area contributed by atoms with Crippen LogP contribution in [0.2, 0.25) is 0 Å². The van der Waals surface area contributed by atoms with E-state index in [9.17, 15) is 9.59 Å². The van der Waals surface area contributed by atoms with Crippen LogP contribution < -0.4 is 26.2 Å². The number of aryl methyl sites for hydroxylation is 2. The molecule has 1 heterocycles. The number of hydrogen-bond acceptors (Lipinski definition) is 6. The third-order valence-electron chi connectivity index (χ3n) is 7.23. The second-order valence-electron chi connectivity index (χ2n) is 10.2. The molecule has 1 aromatic heterocycles. The Labute approximate surface area is 230 Å². The fraction of sp³-hybridized carbons (Fsp3) is 0.387. The minimum Gasteiger partial charge on any atom is -0.494 e. The van der Waals surface area contributed by atoms with Crippen molar-refractivity contribution in [1.82, 2.24) is 15.6 Å². The molecule has 0 atom stereocenters. The van der Waals surface area contributed by atoms with Crippen molar-refractivity contribution in [2.75, 3.05) is 25.5 Å². The van der Waals surface area contributed by atoms with Gasteiger partial charge in [0.1, 0.15) is 5.75 Å². The van der Waals surface area contributed by atoms with Crippen LogP contribution in [0.4, 0.5) is 5.69 Å². The predicted octanol–water partition coefficient (Wildman–Crippen LogP) is 4.93. The number of rotatable bonds is 12. The van der Waals surface area contributed by atoms with Crippen molar-refractivity contribution in [3.8, 4) is 16.9 Å². The summed E-state index contributed by atoms with van der Waals surface area (Å²) in [6.45, 7) is 5.34. The third-order valence-corrected chi connectivity index (χ3v) is 7.23. The minimum absolute atomic E-state index is 0.104. The maximum Gasteiger partial charge on any atom is 0.253 e. The Morgan fingerprint density at radius 3 is 2.51 bits per heavy atom. The summed E-state index contributed by atoms with van der Waals surface area (Å²) in [4.78, 5) is 28.8. The molecule has 4 rings (SSSR count). The van der Waals surface area contributed by atoms with E-state index in [0.29, 0.717) is 29.3 Å². The molecule has 8 nitrogen and oxygen atoms in total. The van der Waals surface area contributed by atoms with Crippen LogP contribution in [0, 0.1) is 19.3 Å². The lowest BCUT2D eigenvalue weighted by molar-refractivity contribution is 0.0950. The maximum absolute atomic E-state index is 13.5. The van der Waals surface area contributed by atoms with Crippen LogP contribution in [-0.2, 0) is 6.54 Å². The monoisotopic (exact) mass is 529 g/mol. The number of carbonyl (C=O) groups excluding carboxylic acids is 1. The summed E-state index contributed by atoms with van der Waals surface area (Å²) in [7, 11) is 1.92. The summed E-state index contributed by atoms with van der Waals surface area (Å²) in [5, 5.41) is 17.8. The first-order valence-electron chi connectivity index (χ1n) is 13.7. The predicted molar refractivity (Wildman–Crippen MR) is 157 cm³/mol. The summed E-state index contributed by atoms with van der Waals surface area (Å²) in [5.74, 6) is 0.473. The highest BCUT2D eigenvalue weighted by Gasteiger charge is 2.21. The number of benzene rings is 2. The number of amides is 1. The zero-order valence-corrected chi connectivity index (χ0v) is 23.1. The molecule has 0 bridgehead atoms. The van der Waals surface area contributed by atoms with Gasteiger partial charge in [0.25, 0.3) is 11.5 Å². The lowest BCUT2D eigenvalue weighted by atomic mass is 9.96. The number of aromatic nitrogens is 1. The van der Waals surface area contributed by atoms with Crippen LogP contribution in [0.15, 0.2) is 47.3 Å². The van der Waals surface area contributed by atoms with Gasteiger partial charge in [0.2, 0.25) is 0 Å². The molecule has 0 radical (unpaired) electrons. The lowest BCUT2D eigenvalue weighted by Gasteiger charge is -2.20. The largest absolute Gasteiger partial charge is 0.494 e. The van der Waals surface area contributed by atoms with Crippen molar-refractivity contribution in [2.24, 2.45) is 0 Å². The van der Waals surface area contributed by atoms with E-state index in [2.05, 4.69) is 20.9 Å². The number of carbonyl (C=O) groups is 1. The van der Waals surface area contributed by atoms with Crippen molar-refractivity contribution in [3.05, 3.63) is 80.8 Å².